The zero-order chi connectivity index (χ0) is 14.5. The van der Waals surface area contributed by atoms with Crippen LogP contribution in [0.15, 0.2) is 12.1 Å². The number of aryl methyl sites for hydroxylation is 2. The molecule has 1 unspecified atom stereocenters. The van der Waals surface area contributed by atoms with Gasteiger partial charge in [-0.15, -0.1) is 0 Å². The molecule has 108 valence electrons. The van der Waals surface area contributed by atoms with E-state index in [0.29, 0.717) is 0 Å². The Bertz CT molecular complexity index is 414. The summed E-state index contributed by atoms with van der Waals surface area (Å²) in [5.74, 6) is 1.03. The molecule has 0 bridgehead atoms. The minimum absolute atomic E-state index is 0.139. The number of nitrogens with one attached hydrogen (secondary N) is 1. The Hall–Kier alpha value is -1.02. The second-order valence-corrected chi connectivity index (χ2v) is 5.79. The van der Waals surface area contributed by atoms with Crippen molar-refractivity contribution in [2.24, 2.45) is 0 Å². The van der Waals surface area contributed by atoms with Gasteiger partial charge in [0.05, 0.1) is 0 Å². The largest absolute Gasteiger partial charge is 0.486 e. The molecular weight excluding hydrogens is 234 g/mol. The van der Waals surface area contributed by atoms with Crippen LogP contribution in [0.1, 0.15) is 50.3 Å². The Balaban J connectivity index is 2.85. The van der Waals surface area contributed by atoms with Gasteiger partial charge in [0.15, 0.2) is 0 Å². The van der Waals surface area contributed by atoms with Crippen LogP contribution in [0.4, 0.5) is 0 Å². The molecule has 1 aromatic rings. The zero-order valence-electron chi connectivity index (χ0n) is 13.4. The predicted octanol–water partition coefficient (Wildman–Crippen LogP) is 4.16. The van der Waals surface area contributed by atoms with Crippen LogP contribution in [0.25, 0.3) is 0 Å². The summed E-state index contributed by atoms with van der Waals surface area (Å²) in [6, 6.07) is 4.36. The Morgan fingerprint density at radius 3 is 2.42 bits per heavy atom. The Morgan fingerprint density at radius 2 is 1.84 bits per heavy atom. The van der Waals surface area contributed by atoms with Gasteiger partial charge in [0, 0.05) is 6.54 Å². The quantitative estimate of drug-likeness (QED) is 0.746. The van der Waals surface area contributed by atoms with E-state index < -0.39 is 0 Å². The van der Waals surface area contributed by atoms with Crippen molar-refractivity contribution in [3.63, 3.8) is 0 Å². The maximum absolute atomic E-state index is 6.33. The molecule has 0 amide bonds. The van der Waals surface area contributed by atoms with Crippen molar-refractivity contribution in [3.05, 3.63) is 28.8 Å². The summed E-state index contributed by atoms with van der Waals surface area (Å²) in [6.07, 6.45) is 2.15. The van der Waals surface area contributed by atoms with Crippen molar-refractivity contribution in [1.29, 1.82) is 0 Å². The molecule has 0 aliphatic rings. The van der Waals surface area contributed by atoms with Crippen molar-refractivity contribution < 1.29 is 4.74 Å². The van der Waals surface area contributed by atoms with Gasteiger partial charge in [0.1, 0.15) is 11.4 Å². The van der Waals surface area contributed by atoms with E-state index in [1.54, 1.807) is 0 Å². The topological polar surface area (TPSA) is 21.3 Å². The Labute approximate surface area is 118 Å². The lowest BCUT2D eigenvalue weighted by atomic mass is 10.0. The highest BCUT2D eigenvalue weighted by Crippen LogP contribution is 2.28. The molecule has 0 saturated carbocycles. The second kappa shape index (κ2) is 6.95. The highest BCUT2D eigenvalue weighted by Gasteiger charge is 2.24. The van der Waals surface area contributed by atoms with E-state index >= 15 is 0 Å². The fourth-order valence-corrected chi connectivity index (χ4v) is 2.14. The first-order valence-corrected chi connectivity index (χ1v) is 7.39. The van der Waals surface area contributed by atoms with Gasteiger partial charge in [0.25, 0.3) is 0 Å². The van der Waals surface area contributed by atoms with Crippen LogP contribution in [-0.2, 0) is 0 Å². The number of hydrogen-bond donors (Lipinski definition) is 1. The van der Waals surface area contributed by atoms with E-state index in [9.17, 15) is 0 Å². The molecule has 0 saturated heterocycles. The van der Waals surface area contributed by atoms with Crippen LogP contribution in [0.2, 0.25) is 0 Å². The molecule has 1 rings (SSSR count). The van der Waals surface area contributed by atoms with Crippen LogP contribution in [0, 0.1) is 20.8 Å². The van der Waals surface area contributed by atoms with Gasteiger partial charge < -0.3 is 10.1 Å². The molecule has 0 spiro atoms. The van der Waals surface area contributed by atoms with Crippen molar-refractivity contribution in [3.8, 4) is 5.75 Å². The number of hydrogen-bond acceptors (Lipinski definition) is 2. The van der Waals surface area contributed by atoms with Crippen LogP contribution in [-0.4, -0.2) is 18.7 Å². The summed E-state index contributed by atoms with van der Waals surface area (Å²) < 4.78 is 6.33. The van der Waals surface area contributed by atoms with Crippen molar-refractivity contribution in [1.82, 2.24) is 5.32 Å². The lowest BCUT2D eigenvalue weighted by Gasteiger charge is -2.31. The summed E-state index contributed by atoms with van der Waals surface area (Å²) in [5, 5.41) is 3.47. The van der Waals surface area contributed by atoms with Crippen LogP contribution in [0.5, 0.6) is 5.75 Å². The molecule has 0 aliphatic heterocycles. The summed E-state index contributed by atoms with van der Waals surface area (Å²) in [7, 11) is 0. The molecule has 0 fully saturated rings. The molecule has 0 aliphatic carbocycles. The molecule has 2 nitrogen and oxygen atoms in total. The van der Waals surface area contributed by atoms with Crippen LogP contribution < -0.4 is 10.1 Å². The third-order valence-electron chi connectivity index (χ3n) is 3.79. The minimum atomic E-state index is -0.139. The molecule has 19 heavy (non-hydrogen) atoms. The highest BCUT2D eigenvalue weighted by atomic mass is 16.5. The molecule has 1 N–H and O–H groups in total. The fourth-order valence-electron chi connectivity index (χ4n) is 2.14. The SMILES string of the molecule is CCCNCC(C)(CC)Oc1cc(C)cc(C)c1C. The first kappa shape index (κ1) is 16.0. The highest BCUT2D eigenvalue weighted by molar-refractivity contribution is 5.42. The first-order valence-electron chi connectivity index (χ1n) is 7.39. The molecule has 0 radical (unpaired) electrons. The monoisotopic (exact) mass is 263 g/mol. The predicted molar refractivity (Wildman–Crippen MR) is 83.1 cm³/mol. The lowest BCUT2D eigenvalue weighted by molar-refractivity contribution is 0.0828. The van der Waals surface area contributed by atoms with Gasteiger partial charge in [-0.1, -0.05) is 19.9 Å². The standard InChI is InChI=1S/C17H29NO/c1-7-9-18-12-17(6,8-2)19-16-11-13(3)10-14(4)15(16)5/h10-11,18H,7-9,12H2,1-6H3. The molecule has 1 atom stereocenters. The smallest absolute Gasteiger partial charge is 0.123 e. The van der Waals surface area contributed by atoms with Gasteiger partial charge in [-0.25, -0.2) is 0 Å². The van der Waals surface area contributed by atoms with E-state index in [-0.39, 0.29) is 5.60 Å². The van der Waals surface area contributed by atoms with E-state index in [2.05, 4.69) is 59.0 Å². The summed E-state index contributed by atoms with van der Waals surface area (Å²) in [5.41, 5.74) is 3.67. The average Bonchev–Trinajstić information content (AvgIpc) is 2.36. The van der Waals surface area contributed by atoms with Crippen LogP contribution in [0.3, 0.4) is 0 Å². The minimum Gasteiger partial charge on any atom is -0.486 e. The maximum Gasteiger partial charge on any atom is 0.123 e. The number of rotatable bonds is 7. The average molecular weight is 263 g/mol. The van der Waals surface area contributed by atoms with Gasteiger partial charge in [-0.2, -0.15) is 0 Å². The van der Waals surface area contributed by atoms with Crippen LogP contribution >= 0.6 is 0 Å². The molecule has 2 heteroatoms. The van der Waals surface area contributed by atoms with E-state index in [1.807, 2.05) is 0 Å². The van der Waals surface area contributed by atoms with E-state index in [1.165, 1.54) is 16.7 Å². The third-order valence-corrected chi connectivity index (χ3v) is 3.79. The van der Waals surface area contributed by atoms with Crippen molar-refractivity contribution in [2.75, 3.05) is 13.1 Å². The Morgan fingerprint density at radius 1 is 1.16 bits per heavy atom. The maximum atomic E-state index is 6.33. The van der Waals surface area contributed by atoms with Gasteiger partial charge >= 0.3 is 0 Å². The zero-order valence-corrected chi connectivity index (χ0v) is 13.4. The molecular formula is C17H29NO. The summed E-state index contributed by atoms with van der Waals surface area (Å²) >= 11 is 0. The number of benzene rings is 1. The summed E-state index contributed by atoms with van der Waals surface area (Å²) in [6.45, 7) is 14.9. The normalized spacial score (nSPS) is 14.2. The molecule has 0 heterocycles. The molecule has 0 aromatic heterocycles. The second-order valence-electron chi connectivity index (χ2n) is 5.79. The van der Waals surface area contributed by atoms with Gasteiger partial charge in [-0.05, 0) is 69.8 Å². The lowest BCUT2D eigenvalue weighted by Crippen LogP contribution is -2.43. The van der Waals surface area contributed by atoms with Crippen molar-refractivity contribution >= 4 is 0 Å². The third kappa shape index (κ3) is 4.54. The van der Waals surface area contributed by atoms with Gasteiger partial charge in [0.2, 0.25) is 0 Å². The Kier molecular flexibility index (Phi) is 5.86. The number of ether oxygens (including phenoxy) is 1. The molecule has 1 aromatic carbocycles. The first-order chi connectivity index (χ1) is 8.91. The van der Waals surface area contributed by atoms with Crippen molar-refractivity contribution in [2.45, 2.75) is 60.0 Å². The summed E-state index contributed by atoms with van der Waals surface area (Å²) in [4.78, 5) is 0. The van der Waals surface area contributed by atoms with E-state index in [4.69, 9.17) is 4.74 Å². The van der Waals surface area contributed by atoms with Gasteiger partial charge in [-0.3, -0.25) is 0 Å². The van der Waals surface area contributed by atoms with E-state index in [0.717, 1.165) is 31.7 Å². The fraction of sp³-hybridized carbons (Fsp3) is 0.647.